The quantitative estimate of drug-likeness (QED) is 0.268. The van der Waals surface area contributed by atoms with Gasteiger partial charge in [-0.15, -0.1) is 0 Å². The van der Waals surface area contributed by atoms with Crippen LogP contribution in [0.4, 0.5) is 0 Å². The molecule has 25 heavy (non-hydrogen) atoms. The Morgan fingerprint density at radius 1 is 0.240 bits per heavy atom. The van der Waals surface area contributed by atoms with Gasteiger partial charge in [0.05, 0.1) is 0 Å². The van der Waals surface area contributed by atoms with E-state index in [2.05, 4.69) is 24.3 Å². The van der Waals surface area contributed by atoms with Crippen molar-refractivity contribution in [2.24, 2.45) is 0 Å². The van der Waals surface area contributed by atoms with Gasteiger partial charge < -0.3 is 0 Å². The summed E-state index contributed by atoms with van der Waals surface area (Å²) in [5, 5.41) is 0. The summed E-state index contributed by atoms with van der Waals surface area (Å²) < 4.78 is 0. The van der Waals surface area contributed by atoms with Crippen LogP contribution >= 0.6 is 0 Å². The van der Waals surface area contributed by atoms with E-state index in [9.17, 15) is 0 Å². The average Bonchev–Trinajstić information content (AvgIpc) is 2.75. The maximum absolute atomic E-state index is 2.89. The third-order valence-corrected chi connectivity index (χ3v) is 2.43. The van der Waals surface area contributed by atoms with Gasteiger partial charge in [-0.1, -0.05) is 0 Å². The van der Waals surface area contributed by atoms with Crippen molar-refractivity contribution in [1.29, 1.82) is 0 Å². The Labute approximate surface area is 162 Å². The molecule has 0 saturated carbocycles. The van der Waals surface area contributed by atoms with Crippen LogP contribution in [0.3, 0.4) is 0 Å². The predicted octanol–water partition coefficient (Wildman–Crippen LogP) is 5.94. The summed E-state index contributed by atoms with van der Waals surface area (Å²) in [5.41, 5.74) is 0. The molecule has 4 rings (SSSR count). The minimum Gasteiger partial charge on any atom is -0.184 e. The number of benzene rings is 4. The third kappa shape index (κ3) is 17.6. The molecule has 0 aliphatic rings. The molecule has 0 unspecified atom stereocenters. The Morgan fingerprint density at radius 3 is 0.440 bits per heavy atom. The molecular formula is C24H20Mn-4. The van der Waals surface area contributed by atoms with E-state index >= 15 is 0 Å². The van der Waals surface area contributed by atoms with Gasteiger partial charge in [-0.3, -0.25) is 0 Å². The molecule has 0 aromatic heterocycles. The van der Waals surface area contributed by atoms with Crippen LogP contribution in [0, 0.1) is 24.3 Å². The number of hydrogen-bond donors (Lipinski definition) is 0. The monoisotopic (exact) mass is 363 g/mol. The maximum Gasteiger partial charge on any atom is 0 e. The molecule has 0 aliphatic carbocycles. The van der Waals surface area contributed by atoms with E-state index in [1.54, 1.807) is 0 Å². The van der Waals surface area contributed by atoms with Crippen molar-refractivity contribution in [2.45, 2.75) is 0 Å². The summed E-state index contributed by atoms with van der Waals surface area (Å²) in [6.07, 6.45) is 0. The van der Waals surface area contributed by atoms with Gasteiger partial charge in [-0.2, -0.15) is 146 Å². The molecule has 0 spiro atoms. The van der Waals surface area contributed by atoms with Crippen LogP contribution in [0.1, 0.15) is 0 Å². The summed E-state index contributed by atoms with van der Waals surface area (Å²) in [7, 11) is 0. The molecule has 0 heterocycles. The Balaban J connectivity index is 0.000000303. The number of hydrogen-bond acceptors (Lipinski definition) is 0. The molecule has 0 bridgehead atoms. The molecule has 0 N–H and O–H groups in total. The van der Waals surface area contributed by atoms with Crippen LogP contribution in [0.2, 0.25) is 0 Å². The molecule has 0 nitrogen and oxygen atoms in total. The summed E-state index contributed by atoms with van der Waals surface area (Å²) in [6, 6.07) is 50.0. The van der Waals surface area contributed by atoms with Gasteiger partial charge in [0.2, 0.25) is 0 Å². The smallest absolute Gasteiger partial charge is 0 e. The molecule has 0 fully saturated rings. The molecule has 1 radical (unpaired) electrons. The molecule has 0 saturated heterocycles. The standard InChI is InChI=1S/4C6H5.Mn/c4*1-2-4-6-5-3-1;/h4*1-5H;/q4*-1;. The first-order valence-corrected chi connectivity index (χ1v) is 7.64. The van der Waals surface area contributed by atoms with Crippen LogP contribution in [-0.4, -0.2) is 0 Å². The fraction of sp³-hybridized carbons (Fsp3) is 0. The van der Waals surface area contributed by atoms with E-state index in [0.717, 1.165) is 0 Å². The average molecular weight is 363 g/mol. The van der Waals surface area contributed by atoms with Crippen molar-refractivity contribution < 1.29 is 17.1 Å². The molecule has 0 amide bonds. The van der Waals surface area contributed by atoms with E-state index in [1.807, 2.05) is 121 Å². The Hall–Kier alpha value is -2.60. The van der Waals surface area contributed by atoms with Crippen molar-refractivity contribution in [1.82, 2.24) is 0 Å². The van der Waals surface area contributed by atoms with E-state index in [1.165, 1.54) is 0 Å². The van der Waals surface area contributed by atoms with Gasteiger partial charge in [-0.05, 0) is 0 Å². The van der Waals surface area contributed by atoms with Crippen LogP contribution < -0.4 is 0 Å². The van der Waals surface area contributed by atoms with E-state index in [-0.39, 0.29) is 17.1 Å². The molecule has 0 aliphatic heterocycles. The predicted molar refractivity (Wildman–Crippen MR) is 101 cm³/mol. The van der Waals surface area contributed by atoms with Crippen molar-refractivity contribution in [2.75, 3.05) is 0 Å². The fourth-order valence-electron chi connectivity index (χ4n) is 1.37. The van der Waals surface area contributed by atoms with Gasteiger partial charge in [0.15, 0.2) is 0 Å². The van der Waals surface area contributed by atoms with Crippen LogP contribution in [0.25, 0.3) is 0 Å². The molecule has 127 valence electrons. The minimum absolute atomic E-state index is 0. The van der Waals surface area contributed by atoms with Crippen molar-refractivity contribution >= 4 is 0 Å². The maximum atomic E-state index is 2.89. The molecule has 0 atom stereocenters. The zero-order valence-corrected chi connectivity index (χ0v) is 15.1. The largest absolute Gasteiger partial charge is 0.184 e. The van der Waals surface area contributed by atoms with Crippen LogP contribution in [0.5, 0.6) is 0 Å². The second-order valence-corrected chi connectivity index (χ2v) is 4.31. The molecule has 1 heteroatoms. The zero-order valence-electron chi connectivity index (χ0n) is 13.9. The van der Waals surface area contributed by atoms with E-state index in [4.69, 9.17) is 0 Å². The van der Waals surface area contributed by atoms with Gasteiger partial charge in [-0.25, -0.2) is 0 Å². The fourth-order valence-corrected chi connectivity index (χ4v) is 1.37. The van der Waals surface area contributed by atoms with Gasteiger partial charge in [0, 0.05) is 17.1 Å². The van der Waals surface area contributed by atoms with Crippen molar-refractivity contribution in [3.05, 3.63) is 146 Å². The minimum atomic E-state index is 0. The summed E-state index contributed by atoms with van der Waals surface area (Å²) in [4.78, 5) is 0. The first-order chi connectivity index (χ1) is 12.0. The van der Waals surface area contributed by atoms with Crippen LogP contribution in [0.15, 0.2) is 121 Å². The van der Waals surface area contributed by atoms with Crippen LogP contribution in [-0.2, 0) is 17.1 Å². The summed E-state index contributed by atoms with van der Waals surface area (Å²) in [6.45, 7) is 0. The second-order valence-electron chi connectivity index (χ2n) is 4.31. The topological polar surface area (TPSA) is 0 Å². The van der Waals surface area contributed by atoms with Gasteiger partial charge in [0.1, 0.15) is 0 Å². The first-order valence-electron chi connectivity index (χ1n) is 7.64. The Morgan fingerprint density at radius 2 is 0.400 bits per heavy atom. The summed E-state index contributed by atoms with van der Waals surface area (Å²) in [5.74, 6) is 0. The number of rotatable bonds is 0. The van der Waals surface area contributed by atoms with E-state index < -0.39 is 0 Å². The molecule has 4 aromatic rings. The van der Waals surface area contributed by atoms with Gasteiger partial charge >= 0.3 is 0 Å². The molecular weight excluding hydrogens is 343 g/mol. The van der Waals surface area contributed by atoms with Gasteiger partial charge in [0.25, 0.3) is 0 Å². The zero-order chi connectivity index (χ0) is 17.0. The third-order valence-electron chi connectivity index (χ3n) is 2.43. The summed E-state index contributed by atoms with van der Waals surface area (Å²) >= 11 is 0. The Kier molecular flexibility index (Phi) is 17.4. The van der Waals surface area contributed by atoms with Crippen molar-refractivity contribution in [3.8, 4) is 0 Å². The molecule has 4 aromatic carbocycles. The SMILES string of the molecule is [Mn].[c-]1ccccc1.[c-]1ccccc1.[c-]1ccccc1.[c-]1ccccc1. The Bertz CT molecular complexity index is 420. The van der Waals surface area contributed by atoms with Crippen molar-refractivity contribution in [3.63, 3.8) is 0 Å². The normalized spacial score (nSPS) is 7.68. The second kappa shape index (κ2) is 19.4. The van der Waals surface area contributed by atoms with E-state index in [0.29, 0.717) is 0 Å². The first kappa shape index (κ1) is 22.4.